The van der Waals surface area contributed by atoms with Gasteiger partial charge < -0.3 is 109 Å². The molecule has 2 aromatic carbocycles. The van der Waals surface area contributed by atoms with Gasteiger partial charge >= 0.3 is 11.9 Å². The normalized spacial score (nSPS) is 40.9. The quantitative estimate of drug-likeness (QED) is 0.0739. The molecule has 4 aliphatic rings. The SMILES string of the molecule is O=C(OC[C@H]1O[C@H](O[C@]2(CO)O[C@H](CO)[C@@H](O)[C@@H]2O)[C@H](O)[C@@H](O)[C@@H]1O)c1ccc(-c2ccccc2C(=O)OC[C@H]2O[C@H](O[C@]3(CO)O[C@H](CO)[C@@H](O)[C@@H]3O)[C@H](O)[C@@H](O)[C@@H]2O)cc1. The van der Waals surface area contributed by atoms with Crippen molar-refractivity contribution in [3.63, 3.8) is 0 Å². The average Bonchev–Trinajstić information content (AvgIpc) is 3.68. The lowest BCUT2D eigenvalue weighted by Crippen LogP contribution is -2.62. The van der Waals surface area contributed by atoms with Crippen LogP contribution in [0, 0.1) is 0 Å². The van der Waals surface area contributed by atoms with Crippen molar-refractivity contribution in [3.05, 3.63) is 59.7 Å². The maximum absolute atomic E-state index is 13.4. The van der Waals surface area contributed by atoms with Gasteiger partial charge in [-0.25, -0.2) is 9.59 Å². The monoisotopic (exact) mass is 890 g/mol. The van der Waals surface area contributed by atoms with Crippen molar-refractivity contribution in [2.75, 3.05) is 39.6 Å². The van der Waals surface area contributed by atoms with E-state index in [4.69, 9.17) is 37.9 Å². The summed E-state index contributed by atoms with van der Waals surface area (Å²) in [6.45, 7) is -5.21. The van der Waals surface area contributed by atoms with Crippen LogP contribution in [0.3, 0.4) is 0 Å². The maximum Gasteiger partial charge on any atom is 0.338 e. The van der Waals surface area contributed by atoms with Crippen LogP contribution in [0.5, 0.6) is 0 Å². The van der Waals surface area contributed by atoms with Crippen LogP contribution in [0.4, 0.5) is 0 Å². The van der Waals surface area contributed by atoms with Gasteiger partial charge in [-0.15, -0.1) is 0 Å². The van der Waals surface area contributed by atoms with Crippen molar-refractivity contribution in [2.45, 2.75) is 110 Å². The first kappa shape index (κ1) is 48.0. The van der Waals surface area contributed by atoms with Crippen molar-refractivity contribution >= 4 is 11.9 Å². The van der Waals surface area contributed by atoms with E-state index in [1.54, 1.807) is 12.1 Å². The van der Waals surface area contributed by atoms with Crippen molar-refractivity contribution in [1.29, 1.82) is 0 Å². The van der Waals surface area contributed by atoms with Crippen molar-refractivity contribution < 1.29 is 119 Å². The van der Waals surface area contributed by atoms with Gasteiger partial charge in [0.05, 0.1) is 24.3 Å². The first-order chi connectivity index (χ1) is 29.5. The Morgan fingerprint density at radius 2 is 0.952 bits per heavy atom. The number of benzene rings is 2. The van der Waals surface area contributed by atoms with Crippen LogP contribution in [0.15, 0.2) is 48.5 Å². The minimum Gasteiger partial charge on any atom is -0.459 e. The Bertz CT molecular complexity index is 1820. The molecule has 24 heteroatoms. The minimum absolute atomic E-state index is 0.00639. The summed E-state index contributed by atoms with van der Waals surface area (Å²) in [5.74, 6) is -6.73. The third-order valence-corrected chi connectivity index (χ3v) is 11.1. The Kier molecular flexibility index (Phi) is 15.3. The zero-order chi connectivity index (χ0) is 45.3. The average molecular weight is 891 g/mol. The Morgan fingerprint density at radius 3 is 1.37 bits per heavy atom. The summed E-state index contributed by atoms with van der Waals surface area (Å²) < 4.78 is 43.3. The van der Waals surface area contributed by atoms with Gasteiger partial charge in [0.2, 0.25) is 11.6 Å². The minimum atomic E-state index is -2.42. The molecular formula is C38H50O24. The molecule has 0 aromatic heterocycles. The summed E-state index contributed by atoms with van der Waals surface area (Å²) in [5.41, 5.74) is 0.668. The van der Waals surface area contributed by atoms with E-state index in [1.807, 2.05) is 0 Å². The smallest absolute Gasteiger partial charge is 0.338 e. The third-order valence-electron chi connectivity index (χ3n) is 11.1. The highest BCUT2D eigenvalue weighted by molar-refractivity contribution is 5.98. The maximum atomic E-state index is 13.4. The van der Waals surface area contributed by atoms with Crippen LogP contribution in [0.1, 0.15) is 20.7 Å². The lowest BCUT2D eigenvalue weighted by Gasteiger charge is -2.43. The van der Waals surface area contributed by atoms with Crippen molar-refractivity contribution in [1.82, 2.24) is 0 Å². The number of esters is 2. The number of aliphatic hydroxyl groups is 14. The van der Waals surface area contributed by atoms with E-state index < -0.39 is 161 Å². The number of ether oxygens (including phenoxy) is 8. The second kappa shape index (κ2) is 19.8. The molecule has 0 amide bonds. The highest BCUT2D eigenvalue weighted by Crippen LogP contribution is 2.38. The number of rotatable bonds is 15. The van der Waals surface area contributed by atoms with E-state index in [9.17, 15) is 81.1 Å². The van der Waals surface area contributed by atoms with E-state index in [-0.39, 0.29) is 11.1 Å². The lowest BCUT2D eigenvalue weighted by atomic mass is 9.98. The fourth-order valence-corrected chi connectivity index (χ4v) is 7.41. The molecule has 0 bridgehead atoms. The molecule has 62 heavy (non-hydrogen) atoms. The van der Waals surface area contributed by atoms with Gasteiger partial charge in [-0.3, -0.25) is 0 Å². The highest BCUT2D eigenvalue weighted by atomic mass is 16.8. The van der Waals surface area contributed by atoms with E-state index >= 15 is 0 Å². The van der Waals surface area contributed by atoms with Crippen LogP contribution < -0.4 is 0 Å². The molecule has 18 atom stereocenters. The zero-order valence-corrected chi connectivity index (χ0v) is 32.4. The molecule has 14 N–H and O–H groups in total. The topological polar surface area (TPSA) is 391 Å². The fourth-order valence-electron chi connectivity index (χ4n) is 7.41. The summed E-state index contributed by atoms with van der Waals surface area (Å²) >= 11 is 0. The molecule has 0 radical (unpaired) electrons. The van der Waals surface area contributed by atoms with E-state index in [2.05, 4.69) is 0 Å². The first-order valence-corrected chi connectivity index (χ1v) is 19.3. The Labute approximate surface area is 350 Å². The van der Waals surface area contributed by atoms with E-state index in [1.165, 1.54) is 36.4 Å². The molecule has 4 fully saturated rings. The van der Waals surface area contributed by atoms with E-state index in [0.29, 0.717) is 11.1 Å². The molecule has 24 nitrogen and oxygen atoms in total. The first-order valence-electron chi connectivity index (χ1n) is 19.3. The third kappa shape index (κ3) is 9.23. The fraction of sp³-hybridized carbons (Fsp3) is 0.632. The van der Waals surface area contributed by atoms with Crippen molar-refractivity contribution in [2.24, 2.45) is 0 Å². The molecule has 0 aliphatic carbocycles. The summed E-state index contributed by atoms with van der Waals surface area (Å²) in [5, 5.41) is 143. The molecule has 346 valence electrons. The van der Waals surface area contributed by atoms with Gasteiger partial charge in [0.15, 0.2) is 12.6 Å². The second-order valence-electron chi connectivity index (χ2n) is 15.1. The van der Waals surface area contributed by atoms with Crippen LogP contribution in [0.25, 0.3) is 11.1 Å². The van der Waals surface area contributed by atoms with Crippen molar-refractivity contribution in [3.8, 4) is 11.1 Å². The number of carbonyl (C=O) groups is 2. The molecule has 6 rings (SSSR count). The summed E-state index contributed by atoms with van der Waals surface area (Å²) in [4.78, 5) is 26.4. The second-order valence-corrected chi connectivity index (χ2v) is 15.1. The molecule has 2 aromatic rings. The van der Waals surface area contributed by atoms with Crippen LogP contribution in [-0.2, 0) is 37.9 Å². The molecule has 0 saturated carbocycles. The van der Waals surface area contributed by atoms with Gasteiger partial charge in [-0.1, -0.05) is 30.3 Å². The summed E-state index contributed by atoms with van der Waals surface area (Å²) in [6, 6.07) is 11.7. The van der Waals surface area contributed by atoms with Gasteiger partial charge in [-0.05, 0) is 29.3 Å². The molecule has 0 unspecified atom stereocenters. The van der Waals surface area contributed by atoms with E-state index in [0.717, 1.165) is 0 Å². The number of carbonyl (C=O) groups excluding carboxylic acids is 2. The van der Waals surface area contributed by atoms with Crippen LogP contribution in [0.2, 0.25) is 0 Å². The number of aliphatic hydroxyl groups excluding tert-OH is 14. The molecular weight excluding hydrogens is 840 g/mol. The molecule has 4 aliphatic heterocycles. The highest BCUT2D eigenvalue weighted by Gasteiger charge is 2.60. The Hall–Kier alpha value is -3.42. The van der Waals surface area contributed by atoms with Gasteiger partial charge in [-0.2, -0.15) is 0 Å². The van der Waals surface area contributed by atoms with Gasteiger partial charge in [0.1, 0.15) is 112 Å². The zero-order valence-electron chi connectivity index (χ0n) is 32.4. The van der Waals surface area contributed by atoms with Crippen LogP contribution in [-0.4, -0.2) is 233 Å². The summed E-state index contributed by atoms with van der Waals surface area (Å²) in [6.07, 6.45) is -28.6. The predicted octanol–water partition coefficient (Wildman–Crippen LogP) is -7.08. The Morgan fingerprint density at radius 1 is 0.516 bits per heavy atom. The van der Waals surface area contributed by atoms with Gasteiger partial charge in [0.25, 0.3) is 0 Å². The molecule has 0 spiro atoms. The largest absolute Gasteiger partial charge is 0.459 e. The molecule has 4 saturated heterocycles. The number of hydrogen-bond acceptors (Lipinski definition) is 24. The molecule has 4 heterocycles. The Balaban J connectivity index is 1.07. The predicted molar refractivity (Wildman–Crippen MR) is 196 cm³/mol. The van der Waals surface area contributed by atoms with Crippen LogP contribution >= 0.6 is 0 Å². The lowest BCUT2D eigenvalue weighted by molar-refractivity contribution is -0.383. The van der Waals surface area contributed by atoms with Gasteiger partial charge in [0, 0.05) is 0 Å². The number of hydrogen-bond donors (Lipinski definition) is 14. The summed E-state index contributed by atoms with van der Waals surface area (Å²) in [7, 11) is 0. The standard InChI is InChI=1S/C38H50O24/c39-9-19-25(45)31(51)37(13-41,59-19)61-35-29(49)27(47)23(43)21(57-35)11-55-33(53)16-7-5-15(6-8-16)17-3-1-2-4-18(17)34(54)56-12-22-24(44)28(48)30(50)36(58-22)62-38(14-42)32(52)26(46)20(10-40)60-38/h1-8,19-32,35-36,39-52H,9-14H2/t19-,20-,21-,22-,23-,24-,25-,26-,27+,28+,29-,30-,31+,32+,35-,36-,37+,38+/m1/s1.